The molecule has 1 aromatic carbocycles. The van der Waals surface area contributed by atoms with Crippen LogP contribution in [0.3, 0.4) is 0 Å². The number of hydrogen-bond donors (Lipinski definition) is 2. The van der Waals surface area contributed by atoms with Gasteiger partial charge in [-0.3, -0.25) is 0 Å². The van der Waals surface area contributed by atoms with E-state index in [-0.39, 0.29) is 18.9 Å². The molecular formula is C15H19NO3S. The van der Waals surface area contributed by atoms with Crippen molar-refractivity contribution in [2.45, 2.75) is 25.8 Å². The van der Waals surface area contributed by atoms with Crippen LogP contribution in [0.25, 0.3) is 0 Å². The van der Waals surface area contributed by atoms with Gasteiger partial charge in [0.05, 0.1) is 12.4 Å². The maximum absolute atomic E-state index is 11.8. The molecule has 0 aromatic heterocycles. The highest BCUT2D eigenvalue weighted by molar-refractivity contribution is 7.89. The van der Waals surface area contributed by atoms with Crippen molar-refractivity contribution in [1.29, 1.82) is 0 Å². The van der Waals surface area contributed by atoms with Crippen LogP contribution in [0.5, 0.6) is 0 Å². The number of hydrogen-bond acceptors (Lipinski definition) is 3. The van der Waals surface area contributed by atoms with Gasteiger partial charge < -0.3 is 5.11 Å². The first-order chi connectivity index (χ1) is 9.61. The van der Waals surface area contributed by atoms with E-state index in [0.717, 1.165) is 24.0 Å². The summed E-state index contributed by atoms with van der Waals surface area (Å²) in [4.78, 5) is 0. The van der Waals surface area contributed by atoms with E-state index >= 15 is 0 Å². The lowest BCUT2D eigenvalue weighted by Crippen LogP contribution is -2.27. The fourth-order valence-corrected chi connectivity index (χ4v) is 3.30. The normalized spacial score (nSPS) is 14.7. The largest absolute Gasteiger partial charge is 0.395 e. The van der Waals surface area contributed by atoms with Crippen LogP contribution < -0.4 is 4.72 Å². The molecule has 0 heterocycles. The Morgan fingerprint density at radius 1 is 1.30 bits per heavy atom. The van der Waals surface area contributed by atoms with E-state index in [1.807, 2.05) is 24.3 Å². The number of aliphatic hydroxyl groups is 1. The van der Waals surface area contributed by atoms with Gasteiger partial charge in [0, 0.05) is 18.5 Å². The number of rotatable bonds is 6. The number of benzene rings is 1. The number of nitrogens with one attached hydrogen (secondary N) is 1. The van der Waals surface area contributed by atoms with Gasteiger partial charge in [-0.2, -0.15) is 0 Å². The highest BCUT2D eigenvalue weighted by Crippen LogP contribution is 2.30. The molecule has 1 aliphatic carbocycles. The van der Waals surface area contributed by atoms with Gasteiger partial charge in [0.2, 0.25) is 10.0 Å². The van der Waals surface area contributed by atoms with Gasteiger partial charge in [-0.05, 0) is 30.4 Å². The van der Waals surface area contributed by atoms with E-state index in [2.05, 4.69) is 16.6 Å². The zero-order chi connectivity index (χ0) is 14.4. The molecule has 0 atom stereocenters. The van der Waals surface area contributed by atoms with Crippen LogP contribution in [0.15, 0.2) is 24.3 Å². The van der Waals surface area contributed by atoms with Crippen LogP contribution in [0.4, 0.5) is 0 Å². The van der Waals surface area contributed by atoms with Gasteiger partial charge in [0.25, 0.3) is 0 Å². The molecule has 0 saturated heterocycles. The Bertz CT molecular complexity index is 609. The van der Waals surface area contributed by atoms with E-state index in [1.165, 1.54) is 0 Å². The second-order valence-electron chi connectivity index (χ2n) is 4.98. The molecular weight excluding hydrogens is 274 g/mol. The van der Waals surface area contributed by atoms with E-state index < -0.39 is 10.0 Å². The van der Waals surface area contributed by atoms with E-state index in [1.54, 1.807) is 0 Å². The van der Waals surface area contributed by atoms with Crippen molar-refractivity contribution < 1.29 is 13.5 Å². The third-order valence-corrected chi connectivity index (χ3v) is 4.61. The molecule has 2 N–H and O–H groups in total. The molecule has 0 amide bonds. The van der Waals surface area contributed by atoms with Crippen LogP contribution in [-0.4, -0.2) is 25.9 Å². The van der Waals surface area contributed by atoms with Gasteiger partial charge in [0.1, 0.15) is 0 Å². The van der Waals surface area contributed by atoms with Crippen molar-refractivity contribution >= 4 is 10.0 Å². The molecule has 108 valence electrons. The summed E-state index contributed by atoms with van der Waals surface area (Å²) in [6, 6.07) is 7.45. The Kier molecular flexibility index (Phi) is 5.18. The van der Waals surface area contributed by atoms with Crippen molar-refractivity contribution in [3.8, 4) is 11.8 Å². The predicted octanol–water partition coefficient (Wildman–Crippen LogP) is 1.25. The highest BCUT2D eigenvalue weighted by atomic mass is 32.2. The topological polar surface area (TPSA) is 66.4 Å². The average Bonchev–Trinajstić information content (AvgIpc) is 3.21. The SMILES string of the molecule is O=S(=O)(CC1CC1)NCc1ccccc1C#CCCO. The van der Waals surface area contributed by atoms with Gasteiger partial charge in [-0.1, -0.05) is 30.0 Å². The summed E-state index contributed by atoms with van der Waals surface area (Å²) in [5, 5.41) is 8.72. The fourth-order valence-electron chi connectivity index (χ4n) is 1.85. The van der Waals surface area contributed by atoms with Crippen molar-refractivity contribution in [3.05, 3.63) is 35.4 Å². The summed E-state index contributed by atoms with van der Waals surface area (Å²) < 4.78 is 26.3. The summed E-state index contributed by atoms with van der Waals surface area (Å²) in [7, 11) is -3.20. The molecule has 1 saturated carbocycles. The third kappa shape index (κ3) is 4.97. The van der Waals surface area contributed by atoms with Crippen molar-refractivity contribution in [1.82, 2.24) is 4.72 Å². The fraction of sp³-hybridized carbons (Fsp3) is 0.467. The molecule has 1 fully saturated rings. The lowest BCUT2D eigenvalue weighted by atomic mass is 10.1. The Hall–Kier alpha value is -1.35. The smallest absolute Gasteiger partial charge is 0.212 e. The van der Waals surface area contributed by atoms with Crippen LogP contribution in [0, 0.1) is 17.8 Å². The first kappa shape index (κ1) is 15.0. The minimum absolute atomic E-state index is 0.0309. The predicted molar refractivity (Wildman–Crippen MR) is 78.4 cm³/mol. The summed E-state index contributed by atoms with van der Waals surface area (Å²) >= 11 is 0. The zero-order valence-corrected chi connectivity index (χ0v) is 12.1. The Morgan fingerprint density at radius 2 is 2.05 bits per heavy atom. The van der Waals surface area contributed by atoms with Crippen LogP contribution in [0.2, 0.25) is 0 Å². The molecule has 0 unspecified atom stereocenters. The summed E-state index contributed by atoms with van der Waals surface area (Å²) in [6.45, 7) is 0.294. The van der Waals surface area contributed by atoms with Crippen molar-refractivity contribution in [3.63, 3.8) is 0 Å². The molecule has 1 aliphatic rings. The third-order valence-electron chi connectivity index (χ3n) is 3.11. The minimum atomic E-state index is -3.20. The number of sulfonamides is 1. The van der Waals surface area contributed by atoms with Gasteiger partial charge >= 0.3 is 0 Å². The van der Waals surface area contributed by atoms with Gasteiger partial charge in [0.15, 0.2) is 0 Å². The Morgan fingerprint density at radius 3 is 2.75 bits per heavy atom. The quantitative estimate of drug-likeness (QED) is 0.776. The second kappa shape index (κ2) is 6.89. The monoisotopic (exact) mass is 293 g/mol. The molecule has 2 rings (SSSR count). The van der Waals surface area contributed by atoms with Crippen molar-refractivity contribution in [2.24, 2.45) is 5.92 Å². The molecule has 5 heteroatoms. The molecule has 0 radical (unpaired) electrons. The van der Waals surface area contributed by atoms with Crippen LogP contribution in [0.1, 0.15) is 30.4 Å². The molecule has 4 nitrogen and oxygen atoms in total. The lowest BCUT2D eigenvalue weighted by Gasteiger charge is -2.07. The van der Waals surface area contributed by atoms with Crippen LogP contribution in [-0.2, 0) is 16.6 Å². The van der Waals surface area contributed by atoms with Gasteiger partial charge in [-0.25, -0.2) is 13.1 Å². The van der Waals surface area contributed by atoms with Gasteiger partial charge in [-0.15, -0.1) is 0 Å². The van der Waals surface area contributed by atoms with E-state index in [9.17, 15) is 8.42 Å². The molecule has 0 spiro atoms. The molecule has 0 aliphatic heterocycles. The van der Waals surface area contributed by atoms with E-state index in [4.69, 9.17) is 5.11 Å². The maximum Gasteiger partial charge on any atom is 0.212 e. The Balaban J connectivity index is 2.00. The first-order valence-electron chi connectivity index (χ1n) is 6.76. The molecule has 1 aromatic rings. The minimum Gasteiger partial charge on any atom is -0.395 e. The summed E-state index contributed by atoms with van der Waals surface area (Å²) in [5.74, 6) is 6.38. The highest BCUT2D eigenvalue weighted by Gasteiger charge is 2.27. The average molecular weight is 293 g/mol. The Labute approximate surface area is 120 Å². The van der Waals surface area contributed by atoms with E-state index in [0.29, 0.717) is 12.3 Å². The molecule has 0 bridgehead atoms. The summed E-state index contributed by atoms with van der Waals surface area (Å²) in [5.41, 5.74) is 1.66. The number of aliphatic hydroxyl groups excluding tert-OH is 1. The first-order valence-corrected chi connectivity index (χ1v) is 8.41. The van der Waals surface area contributed by atoms with Crippen LogP contribution >= 0.6 is 0 Å². The summed E-state index contributed by atoms with van der Waals surface area (Å²) in [6.07, 6.45) is 2.45. The molecule has 20 heavy (non-hydrogen) atoms. The second-order valence-corrected chi connectivity index (χ2v) is 6.83. The standard InChI is InChI=1S/C15H19NO3S/c17-10-4-3-6-14-5-1-2-7-15(14)11-16-20(18,19)12-13-8-9-13/h1-2,5,7,13,16-17H,4,8-12H2. The maximum atomic E-state index is 11.8. The van der Waals surface area contributed by atoms with Crippen molar-refractivity contribution in [2.75, 3.05) is 12.4 Å². The zero-order valence-electron chi connectivity index (χ0n) is 11.3. The lowest BCUT2D eigenvalue weighted by molar-refractivity contribution is 0.305.